The van der Waals surface area contributed by atoms with Gasteiger partial charge in [0.1, 0.15) is 0 Å². The highest BCUT2D eigenvalue weighted by Gasteiger charge is 2.12. The third-order valence-corrected chi connectivity index (χ3v) is 3.57. The molecule has 0 atom stereocenters. The summed E-state index contributed by atoms with van der Waals surface area (Å²) in [5.74, 6) is -0.388. The summed E-state index contributed by atoms with van der Waals surface area (Å²) in [6, 6.07) is 15.3. The molecule has 0 saturated heterocycles. The number of benzene rings is 2. The maximum Gasteiger partial charge on any atom is 0.249 e. The molecular formula is C17H21N3O. The molecule has 0 saturated carbocycles. The van der Waals surface area contributed by atoms with Gasteiger partial charge in [-0.25, -0.2) is 0 Å². The molecule has 4 N–H and O–H groups in total. The van der Waals surface area contributed by atoms with E-state index in [1.54, 1.807) is 6.07 Å². The summed E-state index contributed by atoms with van der Waals surface area (Å²) >= 11 is 0. The van der Waals surface area contributed by atoms with Gasteiger partial charge in [-0.05, 0) is 29.8 Å². The van der Waals surface area contributed by atoms with Crippen LogP contribution >= 0.6 is 0 Å². The Labute approximate surface area is 125 Å². The molecule has 2 aromatic rings. The van der Waals surface area contributed by atoms with Gasteiger partial charge >= 0.3 is 0 Å². The van der Waals surface area contributed by atoms with Crippen molar-refractivity contribution in [3.63, 3.8) is 0 Å². The quantitative estimate of drug-likeness (QED) is 0.800. The van der Waals surface area contributed by atoms with Gasteiger partial charge in [0, 0.05) is 24.3 Å². The molecule has 0 aliphatic carbocycles. The number of amides is 1. The van der Waals surface area contributed by atoms with E-state index in [1.807, 2.05) is 42.5 Å². The summed E-state index contributed by atoms with van der Waals surface area (Å²) in [6.45, 7) is 4.37. The molecule has 0 spiro atoms. The summed E-state index contributed by atoms with van der Waals surface area (Å²) in [5, 5.41) is 0. The Kier molecular flexibility index (Phi) is 4.95. The van der Waals surface area contributed by atoms with Crippen LogP contribution < -0.4 is 11.5 Å². The molecule has 0 fully saturated rings. The number of hydrogen-bond acceptors (Lipinski definition) is 3. The molecule has 0 aromatic heterocycles. The first kappa shape index (κ1) is 15.1. The van der Waals surface area contributed by atoms with Crippen molar-refractivity contribution in [2.24, 2.45) is 5.73 Å². The summed E-state index contributed by atoms with van der Waals surface area (Å²) in [7, 11) is 0. The number of anilines is 1. The second kappa shape index (κ2) is 6.90. The minimum atomic E-state index is -0.388. The number of carbonyl (C=O) groups is 1. The van der Waals surface area contributed by atoms with E-state index >= 15 is 0 Å². The molecule has 0 heterocycles. The van der Waals surface area contributed by atoms with Crippen LogP contribution in [-0.4, -0.2) is 17.4 Å². The highest BCUT2D eigenvalue weighted by Crippen LogP contribution is 2.17. The first-order chi connectivity index (χ1) is 10.1. The Balaban J connectivity index is 2.17. The number of para-hydroxylation sites is 1. The second-order valence-corrected chi connectivity index (χ2v) is 5.02. The topological polar surface area (TPSA) is 72.3 Å². The lowest BCUT2D eigenvalue weighted by Crippen LogP contribution is -2.25. The van der Waals surface area contributed by atoms with Crippen LogP contribution in [0.5, 0.6) is 0 Å². The molecule has 2 rings (SSSR count). The SMILES string of the molecule is CCN(Cc1ccccc1N)Cc1ccccc1C(N)=O. The molecule has 4 heteroatoms. The zero-order valence-electron chi connectivity index (χ0n) is 12.3. The molecule has 0 aliphatic rings. The first-order valence-corrected chi connectivity index (χ1v) is 7.05. The minimum Gasteiger partial charge on any atom is -0.398 e. The molecule has 0 unspecified atom stereocenters. The van der Waals surface area contributed by atoms with E-state index < -0.39 is 0 Å². The molecule has 0 bridgehead atoms. The fourth-order valence-corrected chi connectivity index (χ4v) is 2.34. The van der Waals surface area contributed by atoms with Crippen molar-refractivity contribution < 1.29 is 4.79 Å². The molecule has 0 aliphatic heterocycles. The molecular weight excluding hydrogens is 262 g/mol. The zero-order chi connectivity index (χ0) is 15.2. The third-order valence-electron chi connectivity index (χ3n) is 3.57. The lowest BCUT2D eigenvalue weighted by atomic mass is 10.1. The number of primary amides is 1. The monoisotopic (exact) mass is 283 g/mol. The lowest BCUT2D eigenvalue weighted by Gasteiger charge is -2.22. The van der Waals surface area contributed by atoms with Crippen molar-refractivity contribution in [3.05, 3.63) is 65.2 Å². The van der Waals surface area contributed by atoms with Crippen molar-refractivity contribution in [1.29, 1.82) is 0 Å². The normalized spacial score (nSPS) is 10.8. The Morgan fingerprint density at radius 1 is 1.00 bits per heavy atom. The first-order valence-electron chi connectivity index (χ1n) is 7.05. The van der Waals surface area contributed by atoms with E-state index in [9.17, 15) is 4.79 Å². The maximum atomic E-state index is 11.5. The smallest absolute Gasteiger partial charge is 0.249 e. The fraction of sp³-hybridized carbons (Fsp3) is 0.235. The van der Waals surface area contributed by atoms with Gasteiger partial charge in [-0.1, -0.05) is 43.3 Å². The van der Waals surface area contributed by atoms with Crippen molar-refractivity contribution in [1.82, 2.24) is 4.90 Å². The second-order valence-electron chi connectivity index (χ2n) is 5.02. The Morgan fingerprint density at radius 3 is 2.19 bits per heavy atom. The molecule has 4 nitrogen and oxygen atoms in total. The van der Waals surface area contributed by atoms with Gasteiger partial charge in [0.2, 0.25) is 5.91 Å². The van der Waals surface area contributed by atoms with Gasteiger partial charge < -0.3 is 11.5 Å². The highest BCUT2D eigenvalue weighted by molar-refractivity contribution is 5.94. The van der Waals surface area contributed by atoms with E-state index in [1.165, 1.54) is 0 Å². The number of carbonyl (C=O) groups excluding carboxylic acids is 1. The predicted octanol–water partition coefficient (Wildman–Crippen LogP) is 2.39. The van der Waals surface area contributed by atoms with Gasteiger partial charge in [0.15, 0.2) is 0 Å². The number of nitrogen functional groups attached to an aromatic ring is 1. The average molecular weight is 283 g/mol. The Morgan fingerprint density at radius 2 is 1.57 bits per heavy atom. The maximum absolute atomic E-state index is 11.5. The van der Waals surface area contributed by atoms with E-state index in [-0.39, 0.29) is 5.91 Å². The average Bonchev–Trinajstić information content (AvgIpc) is 2.49. The molecule has 110 valence electrons. The summed E-state index contributed by atoms with van der Waals surface area (Å²) < 4.78 is 0. The van der Waals surface area contributed by atoms with E-state index in [0.29, 0.717) is 12.1 Å². The summed E-state index contributed by atoms with van der Waals surface area (Å²) in [6.07, 6.45) is 0. The lowest BCUT2D eigenvalue weighted by molar-refractivity contribution is 0.0998. The number of rotatable bonds is 6. The highest BCUT2D eigenvalue weighted by atomic mass is 16.1. The van der Waals surface area contributed by atoms with Gasteiger partial charge in [-0.15, -0.1) is 0 Å². The summed E-state index contributed by atoms with van der Waals surface area (Å²) in [4.78, 5) is 13.7. The van der Waals surface area contributed by atoms with Crippen LogP contribution in [0.3, 0.4) is 0 Å². The minimum absolute atomic E-state index is 0.388. The predicted molar refractivity (Wildman–Crippen MR) is 85.6 cm³/mol. The van der Waals surface area contributed by atoms with Crippen LogP contribution in [0, 0.1) is 0 Å². The van der Waals surface area contributed by atoms with Crippen molar-refractivity contribution in [2.45, 2.75) is 20.0 Å². The van der Waals surface area contributed by atoms with Gasteiger partial charge in [0.25, 0.3) is 0 Å². The van der Waals surface area contributed by atoms with Crippen LogP contribution in [0.15, 0.2) is 48.5 Å². The summed E-state index contributed by atoms with van der Waals surface area (Å²) in [5.41, 5.74) is 14.8. The molecule has 0 radical (unpaired) electrons. The van der Waals surface area contributed by atoms with Crippen molar-refractivity contribution in [3.8, 4) is 0 Å². The molecule has 21 heavy (non-hydrogen) atoms. The Bertz CT molecular complexity index is 625. The van der Waals surface area contributed by atoms with Gasteiger partial charge in [-0.3, -0.25) is 9.69 Å². The largest absolute Gasteiger partial charge is 0.398 e. The van der Waals surface area contributed by atoms with Crippen molar-refractivity contribution >= 4 is 11.6 Å². The fourth-order valence-electron chi connectivity index (χ4n) is 2.34. The number of nitrogens with zero attached hydrogens (tertiary/aromatic N) is 1. The molecule has 1 amide bonds. The Hall–Kier alpha value is -2.33. The van der Waals surface area contributed by atoms with Crippen LogP contribution in [-0.2, 0) is 13.1 Å². The van der Waals surface area contributed by atoms with Gasteiger partial charge in [-0.2, -0.15) is 0 Å². The van der Waals surface area contributed by atoms with Crippen LogP contribution in [0.4, 0.5) is 5.69 Å². The number of hydrogen-bond donors (Lipinski definition) is 2. The third kappa shape index (κ3) is 3.83. The van der Waals surface area contributed by atoms with E-state index in [2.05, 4.69) is 11.8 Å². The van der Waals surface area contributed by atoms with Crippen molar-refractivity contribution in [2.75, 3.05) is 12.3 Å². The van der Waals surface area contributed by atoms with Crippen LogP contribution in [0.2, 0.25) is 0 Å². The van der Waals surface area contributed by atoms with Gasteiger partial charge in [0.05, 0.1) is 0 Å². The molecule has 2 aromatic carbocycles. The number of nitrogens with two attached hydrogens (primary N) is 2. The standard InChI is InChI=1S/C17H21N3O/c1-2-20(12-14-8-4-6-10-16(14)18)11-13-7-3-5-9-15(13)17(19)21/h3-10H,2,11-12,18H2,1H3,(H2,19,21). The van der Waals surface area contributed by atoms with E-state index in [4.69, 9.17) is 11.5 Å². The van der Waals surface area contributed by atoms with Crippen LogP contribution in [0.25, 0.3) is 0 Å². The zero-order valence-corrected chi connectivity index (χ0v) is 12.3. The van der Waals surface area contributed by atoms with Crippen LogP contribution in [0.1, 0.15) is 28.4 Å². The van der Waals surface area contributed by atoms with E-state index in [0.717, 1.165) is 29.9 Å².